The third kappa shape index (κ3) is 5.58. The van der Waals surface area contributed by atoms with Gasteiger partial charge in [0.2, 0.25) is 0 Å². The van der Waals surface area contributed by atoms with E-state index in [0.29, 0.717) is 11.4 Å². The van der Waals surface area contributed by atoms with Gasteiger partial charge in [0, 0.05) is 42.5 Å². The fourth-order valence-electron chi connectivity index (χ4n) is 4.87. The third-order valence-electron chi connectivity index (χ3n) is 6.87. The maximum atomic E-state index is 12.4. The molecule has 4 aromatic carbocycles. The first kappa shape index (κ1) is 24.6. The second kappa shape index (κ2) is 10.9. The van der Waals surface area contributed by atoms with Crippen molar-refractivity contribution in [3.63, 3.8) is 0 Å². The van der Waals surface area contributed by atoms with Crippen LogP contribution in [0.15, 0.2) is 103 Å². The van der Waals surface area contributed by atoms with Gasteiger partial charge in [-0.25, -0.2) is 14.8 Å². The number of amides is 2. The molecule has 0 unspecified atom stereocenters. The second-order valence-corrected chi connectivity index (χ2v) is 9.69. The fraction of sp³-hybridized carbons (Fsp3) is 0.156. The number of aromatic nitrogens is 2. The predicted octanol–water partition coefficient (Wildman–Crippen LogP) is 5.98. The Balaban J connectivity index is 1.09. The summed E-state index contributed by atoms with van der Waals surface area (Å²) >= 11 is 0. The number of para-hydroxylation sites is 2. The number of hydrogen-bond acceptors (Lipinski definition) is 5. The number of methoxy groups -OCH3 is 1. The summed E-state index contributed by atoms with van der Waals surface area (Å²) in [5.41, 5.74) is 7.52. The van der Waals surface area contributed by atoms with Gasteiger partial charge in [0.15, 0.2) is 0 Å². The number of urea groups is 1. The van der Waals surface area contributed by atoms with Gasteiger partial charge in [-0.05, 0) is 29.8 Å². The number of hydrogen-bond donors (Lipinski definition) is 2. The minimum Gasteiger partial charge on any atom is -0.497 e. The van der Waals surface area contributed by atoms with Crippen LogP contribution < -0.4 is 15.4 Å². The first-order chi connectivity index (χ1) is 19.1. The first-order valence-electron chi connectivity index (χ1n) is 13.0. The third-order valence-corrected chi connectivity index (χ3v) is 6.87. The molecule has 2 N–H and O–H groups in total. The van der Waals surface area contributed by atoms with Gasteiger partial charge < -0.3 is 15.4 Å². The molecule has 194 valence electrons. The van der Waals surface area contributed by atoms with Crippen LogP contribution >= 0.6 is 0 Å². The molecule has 2 amide bonds. The van der Waals surface area contributed by atoms with Crippen molar-refractivity contribution in [2.24, 2.45) is 0 Å². The molecule has 7 heteroatoms. The normalized spacial score (nSPS) is 13.6. The highest BCUT2D eigenvalue weighted by molar-refractivity contribution is 5.90. The molecule has 1 saturated heterocycles. The molecule has 6 rings (SSSR count). The average molecular weight is 516 g/mol. The number of anilines is 1. The lowest BCUT2D eigenvalue weighted by molar-refractivity contribution is 0.124. The summed E-state index contributed by atoms with van der Waals surface area (Å²) in [7, 11) is 1.61. The molecular weight excluding hydrogens is 486 g/mol. The molecular formula is C32H29N5O2. The summed E-state index contributed by atoms with van der Waals surface area (Å²) < 4.78 is 5.21. The highest BCUT2D eigenvalue weighted by Gasteiger charge is 2.28. The number of carbonyl (C=O) groups excluding carboxylic acids is 1. The second-order valence-electron chi connectivity index (χ2n) is 9.69. The van der Waals surface area contributed by atoms with E-state index < -0.39 is 0 Å². The molecule has 2 heterocycles. The first-order valence-corrected chi connectivity index (χ1v) is 13.0. The van der Waals surface area contributed by atoms with Crippen LogP contribution in [0.5, 0.6) is 5.75 Å². The van der Waals surface area contributed by atoms with Crippen molar-refractivity contribution in [3.05, 3.63) is 109 Å². The molecule has 0 atom stereocenters. The van der Waals surface area contributed by atoms with Crippen LogP contribution in [0.25, 0.3) is 33.5 Å². The lowest BCUT2D eigenvalue weighted by Gasteiger charge is -2.39. The quantitative estimate of drug-likeness (QED) is 0.279. The summed E-state index contributed by atoms with van der Waals surface area (Å²) in [5.74, 6) is 0.706. The number of rotatable bonds is 7. The summed E-state index contributed by atoms with van der Waals surface area (Å²) in [4.78, 5) is 24.6. The minimum absolute atomic E-state index is 0.121. The van der Waals surface area contributed by atoms with Gasteiger partial charge in [-0.15, -0.1) is 0 Å². The molecule has 5 aromatic rings. The van der Waals surface area contributed by atoms with Gasteiger partial charge in [-0.1, -0.05) is 72.8 Å². The van der Waals surface area contributed by atoms with E-state index in [1.54, 1.807) is 13.2 Å². The van der Waals surface area contributed by atoms with Crippen LogP contribution in [0.2, 0.25) is 0 Å². The number of likely N-dealkylation sites (tertiary alicyclic amines) is 1. The van der Waals surface area contributed by atoms with Crippen molar-refractivity contribution < 1.29 is 9.53 Å². The Morgan fingerprint density at radius 1 is 0.821 bits per heavy atom. The number of fused-ring (bicyclic) bond motifs is 1. The van der Waals surface area contributed by atoms with Gasteiger partial charge in [-0.2, -0.15) is 0 Å². The molecule has 1 aliphatic heterocycles. The molecule has 0 aliphatic carbocycles. The number of benzene rings is 4. The van der Waals surface area contributed by atoms with Gasteiger partial charge >= 0.3 is 6.03 Å². The standard InChI is InChI=1S/C32H29N5O2/c1-39-27-11-7-10-25(18-27)33-32(38)34-26-20-37(21-26)19-22-14-16-24(17-15-22)31-30(23-8-3-2-4-9-23)35-28-12-5-6-13-29(28)36-31/h2-18,26H,19-21H2,1H3,(H2,33,34,38). The van der Waals surface area contributed by atoms with E-state index in [1.165, 1.54) is 5.56 Å². The van der Waals surface area contributed by atoms with Crippen LogP contribution in [-0.4, -0.2) is 47.1 Å². The van der Waals surface area contributed by atoms with Crippen LogP contribution in [0.1, 0.15) is 5.56 Å². The zero-order valence-electron chi connectivity index (χ0n) is 21.7. The molecule has 0 spiro atoms. The van der Waals surface area contributed by atoms with Crippen LogP contribution in [-0.2, 0) is 6.54 Å². The van der Waals surface area contributed by atoms with E-state index >= 15 is 0 Å². The Morgan fingerprint density at radius 3 is 2.13 bits per heavy atom. The number of ether oxygens (including phenoxy) is 1. The summed E-state index contributed by atoms with van der Waals surface area (Å²) in [5, 5.41) is 5.91. The molecule has 39 heavy (non-hydrogen) atoms. The highest BCUT2D eigenvalue weighted by atomic mass is 16.5. The van der Waals surface area contributed by atoms with Crippen molar-refractivity contribution in [2.45, 2.75) is 12.6 Å². The summed E-state index contributed by atoms with van der Waals surface area (Å²) in [6, 6.07) is 34.0. The molecule has 1 aromatic heterocycles. The summed E-state index contributed by atoms with van der Waals surface area (Å²) in [6.45, 7) is 2.44. The van der Waals surface area contributed by atoms with E-state index in [0.717, 1.165) is 53.2 Å². The highest BCUT2D eigenvalue weighted by Crippen LogP contribution is 2.31. The fourth-order valence-corrected chi connectivity index (χ4v) is 4.87. The van der Waals surface area contributed by atoms with Crippen LogP contribution in [0.4, 0.5) is 10.5 Å². The molecule has 1 aliphatic rings. The van der Waals surface area contributed by atoms with Crippen LogP contribution in [0.3, 0.4) is 0 Å². The smallest absolute Gasteiger partial charge is 0.319 e. The van der Waals surface area contributed by atoms with E-state index in [2.05, 4.69) is 51.9 Å². The number of nitrogens with one attached hydrogen (secondary N) is 2. The predicted molar refractivity (Wildman–Crippen MR) is 155 cm³/mol. The minimum atomic E-state index is -0.206. The largest absolute Gasteiger partial charge is 0.497 e. The molecule has 7 nitrogen and oxygen atoms in total. The Hall–Kier alpha value is -4.75. The number of nitrogens with zero attached hydrogens (tertiary/aromatic N) is 3. The topological polar surface area (TPSA) is 79.4 Å². The van der Waals surface area contributed by atoms with Crippen LogP contribution in [0, 0.1) is 0 Å². The lowest BCUT2D eigenvalue weighted by Crippen LogP contribution is -2.59. The Morgan fingerprint density at radius 2 is 1.46 bits per heavy atom. The van der Waals surface area contributed by atoms with E-state index in [1.807, 2.05) is 60.7 Å². The van der Waals surface area contributed by atoms with Crippen molar-refractivity contribution in [1.82, 2.24) is 20.2 Å². The molecule has 1 fully saturated rings. The summed E-state index contributed by atoms with van der Waals surface area (Å²) in [6.07, 6.45) is 0. The van der Waals surface area contributed by atoms with Gasteiger partial charge in [0.05, 0.1) is 35.6 Å². The molecule has 0 bridgehead atoms. The van der Waals surface area contributed by atoms with Crippen molar-refractivity contribution in [3.8, 4) is 28.3 Å². The maximum Gasteiger partial charge on any atom is 0.319 e. The number of carbonyl (C=O) groups is 1. The zero-order valence-corrected chi connectivity index (χ0v) is 21.7. The van der Waals surface area contributed by atoms with E-state index in [4.69, 9.17) is 14.7 Å². The Kier molecular flexibility index (Phi) is 6.89. The van der Waals surface area contributed by atoms with Gasteiger partial charge in [0.25, 0.3) is 0 Å². The van der Waals surface area contributed by atoms with Gasteiger partial charge in [0.1, 0.15) is 5.75 Å². The monoisotopic (exact) mass is 515 g/mol. The SMILES string of the molecule is COc1cccc(NC(=O)NC2CN(Cc3ccc(-c4nc5ccccc5nc4-c4ccccc4)cc3)C2)c1. The van der Waals surface area contributed by atoms with E-state index in [-0.39, 0.29) is 12.1 Å². The molecule has 0 radical (unpaired) electrons. The van der Waals surface area contributed by atoms with E-state index in [9.17, 15) is 4.79 Å². The zero-order chi connectivity index (χ0) is 26.6. The van der Waals surface area contributed by atoms with Crippen molar-refractivity contribution in [2.75, 3.05) is 25.5 Å². The Labute approximate surface area is 227 Å². The lowest BCUT2D eigenvalue weighted by atomic mass is 10.0. The van der Waals surface area contributed by atoms with Crippen molar-refractivity contribution >= 4 is 22.8 Å². The van der Waals surface area contributed by atoms with Crippen molar-refractivity contribution in [1.29, 1.82) is 0 Å². The molecule has 0 saturated carbocycles. The Bertz CT molecular complexity index is 1600. The average Bonchev–Trinajstić information content (AvgIpc) is 2.96. The maximum absolute atomic E-state index is 12.4. The van der Waals surface area contributed by atoms with Gasteiger partial charge in [-0.3, -0.25) is 4.90 Å².